The van der Waals surface area contributed by atoms with E-state index in [0.717, 1.165) is 64.2 Å². The Morgan fingerprint density at radius 2 is 1.16 bits per heavy atom. The fourth-order valence-electron chi connectivity index (χ4n) is 4.99. The van der Waals surface area contributed by atoms with Gasteiger partial charge in [-0.2, -0.15) is 0 Å². The Morgan fingerprint density at radius 3 is 1.80 bits per heavy atom. The smallest absolute Gasteiger partial charge is 0.328 e. The zero-order valence-electron chi connectivity index (χ0n) is 31.1. The van der Waals surface area contributed by atoms with Crippen LogP contribution in [0.2, 0.25) is 0 Å². The maximum Gasteiger partial charge on any atom is 0.328 e. The van der Waals surface area contributed by atoms with Gasteiger partial charge in [-0.25, -0.2) is 4.79 Å². The Hall–Kier alpha value is -3.46. The maximum atomic E-state index is 12.6. The quantitative estimate of drug-likeness (QED) is 0.0305. The van der Waals surface area contributed by atoms with E-state index in [2.05, 4.69) is 60.9 Å². The predicted octanol–water partition coefficient (Wildman–Crippen LogP) is 8.59. The van der Waals surface area contributed by atoms with Crippen LogP contribution >= 0.6 is 0 Å². The molecule has 0 aromatic heterocycles. The van der Waals surface area contributed by atoms with Gasteiger partial charge in [-0.3, -0.25) is 14.4 Å². The molecule has 50 heavy (non-hydrogen) atoms. The molecule has 9 nitrogen and oxygen atoms in total. The molecule has 0 aliphatic carbocycles. The molecule has 4 N–H and O–H groups in total. The van der Waals surface area contributed by atoms with E-state index < -0.39 is 30.6 Å². The number of carbonyl (C=O) groups excluding carboxylic acids is 3. The van der Waals surface area contributed by atoms with Crippen molar-refractivity contribution in [2.24, 2.45) is 0 Å². The van der Waals surface area contributed by atoms with Crippen molar-refractivity contribution in [1.82, 2.24) is 10.6 Å². The molecule has 0 saturated carbocycles. The number of amides is 2. The lowest BCUT2D eigenvalue weighted by Crippen LogP contribution is -2.47. The number of allylic oxidation sites excluding steroid dienone is 8. The van der Waals surface area contributed by atoms with Crippen LogP contribution in [0.1, 0.15) is 149 Å². The fraction of sp³-hybridized carbons (Fsp3) is 0.659. The summed E-state index contributed by atoms with van der Waals surface area (Å²) in [6, 6.07) is -1.39. The summed E-state index contributed by atoms with van der Waals surface area (Å²) in [5.41, 5.74) is 0. The first-order chi connectivity index (χ1) is 24.3. The van der Waals surface area contributed by atoms with Crippen molar-refractivity contribution in [3.63, 3.8) is 0 Å². The van der Waals surface area contributed by atoms with E-state index in [1.54, 1.807) is 0 Å². The number of carboxylic acid groups (broad SMARTS) is 1. The van der Waals surface area contributed by atoms with Gasteiger partial charge in [-0.15, -0.1) is 0 Å². The Kier molecular flexibility index (Phi) is 32.9. The molecule has 0 rings (SSSR count). The lowest BCUT2D eigenvalue weighted by molar-refractivity contribution is -0.145. The molecule has 0 spiro atoms. The molecule has 0 aromatic rings. The normalized spacial score (nSPS) is 13.2. The minimum atomic E-state index is -1.39. The standard InChI is InChI=1S/C41H68N2O7/c1-3-5-7-9-10-11-12-13-14-15-16-17-18-19-20-25-29-33-40(47)50-36(30-26-22-8-6-4-2)31-27-23-21-24-28-32-38(45)42-34-39(46)43-37(35-44)41(48)49/h6,8,10-11,13-14,26-27,30-31,36-37,44H,3-5,7,9,12,15-25,28-29,32-35H2,1-2H3,(H,42,45)(H,43,46)(H,48,49)/b8-6-,11-10-,14-13-,30-26-,31-27-. The Labute approximate surface area is 302 Å². The minimum absolute atomic E-state index is 0.175. The van der Waals surface area contributed by atoms with Gasteiger partial charge in [0.1, 0.15) is 12.1 Å². The summed E-state index contributed by atoms with van der Waals surface area (Å²) < 4.78 is 5.76. The molecule has 2 atom stereocenters. The van der Waals surface area contributed by atoms with Crippen molar-refractivity contribution >= 4 is 23.8 Å². The molecule has 284 valence electrons. The van der Waals surface area contributed by atoms with E-state index >= 15 is 0 Å². The van der Waals surface area contributed by atoms with E-state index in [1.165, 1.54) is 51.4 Å². The number of aliphatic hydroxyl groups excluding tert-OH is 1. The summed E-state index contributed by atoms with van der Waals surface area (Å²) in [7, 11) is 0. The lowest BCUT2D eigenvalue weighted by atomic mass is 10.1. The maximum absolute atomic E-state index is 12.6. The zero-order chi connectivity index (χ0) is 36.9. The first kappa shape index (κ1) is 46.5. The number of esters is 1. The largest absolute Gasteiger partial charge is 0.480 e. The van der Waals surface area contributed by atoms with Crippen molar-refractivity contribution in [2.45, 2.75) is 161 Å². The van der Waals surface area contributed by atoms with Gasteiger partial charge in [-0.1, -0.05) is 114 Å². The third kappa shape index (κ3) is 31.8. The van der Waals surface area contributed by atoms with Gasteiger partial charge in [0.05, 0.1) is 13.2 Å². The molecule has 0 aliphatic rings. The number of ether oxygens (including phenoxy) is 1. The number of aliphatic carboxylic acids is 1. The summed E-state index contributed by atoms with van der Waals surface area (Å²) in [5, 5.41) is 22.4. The summed E-state index contributed by atoms with van der Waals surface area (Å²) in [5.74, 6) is -2.49. The highest BCUT2D eigenvalue weighted by Gasteiger charge is 2.18. The topological polar surface area (TPSA) is 142 Å². The van der Waals surface area contributed by atoms with Crippen LogP contribution in [0.3, 0.4) is 0 Å². The van der Waals surface area contributed by atoms with Crippen molar-refractivity contribution in [2.75, 3.05) is 13.2 Å². The van der Waals surface area contributed by atoms with Crippen LogP contribution in [0, 0.1) is 0 Å². The Bertz CT molecular complexity index is 1030. The van der Waals surface area contributed by atoms with Crippen molar-refractivity contribution in [1.29, 1.82) is 0 Å². The number of rotatable bonds is 33. The molecule has 2 amide bonds. The molecular formula is C41H68N2O7. The van der Waals surface area contributed by atoms with Crippen molar-refractivity contribution in [3.8, 4) is 0 Å². The van der Waals surface area contributed by atoms with Crippen LogP contribution in [0.4, 0.5) is 0 Å². The molecule has 0 fully saturated rings. The minimum Gasteiger partial charge on any atom is -0.480 e. The van der Waals surface area contributed by atoms with Gasteiger partial charge in [0.2, 0.25) is 11.8 Å². The summed E-state index contributed by atoms with van der Waals surface area (Å²) >= 11 is 0. The molecule has 9 heteroatoms. The summed E-state index contributed by atoms with van der Waals surface area (Å²) in [6.45, 7) is 3.26. The number of unbranched alkanes of at least 4 members (excludes halogenated alkanes) is 13. The average Bonchev–Trinajstić information content (AvgIpc) is 3.10. The number of hydrogen-bond donors (Lipinski definition) is 4. The molecular weight excluding hydrogens is 632 g/mol. The van der Waals surface area contributed by atoms with Gasteiger partial charge in [0.15, 0.2) is 0 Å². The van der Waals surface area contributed by atoms with E-state index in [-0.39, 0.29) is 24.8 Å². The van der Waals surface area contributed by atoms with Gasteiger partial charge >= 0.3 is 11.9 Å². The van der Waals surface area contributed by atoms with Crippen molar-refractivity contribution < 1.29 is 34.1 Å². The number of carbonyl (C=O) groups is 4. The second-order valence-corrected chi connectivity index (χ2v) is 12.6. The van der Waals surface area contributed by atoms with Gasteiger partial charge in [0, 0.05) is 12.8 Å². The number of carboxylic acids is 1. The zero-order valence-corrected chi connectivity index (χ0v) is 31.1. The third-order valence-electron chi connectivity index (χ3n) is 7.96. The van der Waals surface area contributed by atoms with E-state index in [9.17, 15) is 19.2 Å². The Morgan fingerprint density at radius 1 is 0.620 bits per heavy atom. The van der Waals surface area contributed by atoms with Gasteiger partial charge in [0.25, 0.3) is 0 Å². The molecule has 0 saturated heterocycles. The second kappa shape index (κ2) is 35.4. The number of nitrogens with one attached hydrogen (secondary N) is 2. The van der Waals surface area contributed by atoms with Crippen LogP contribution in [0.15, 0.2) is 60.8 Å². The van der Waals surface area contributed by atoms with E-state index in [4.69, 9.17) is 14.9 Å². The average molecular weight is 701 g/mol. The predicted molar refractivity (Wildman–Crippen MR) is 204 cm³/mol. The fourth-order valence-corrected chi connectivity index (χ4v) is 4.99. The SMILES string of the molecule is CC/C=C\C/C=C\C(/C=C\CCCCCC(=O)NCC(=O)NC(CO)C(=O)O)OC(=O)CCCCCCCCC/C=C\C/C=C\CCCCC. The van der Waals surface area contributed by atoms with Crippen LogP contribution in [0.25, 0.3) is 0 Å². The van der Waals surface area contributed by atoms with Gasteiger partial charge in [-0.05, 0) is 82.8 Å². The molecule has 0 radical (unpaired) electrons. The second-order valence-electron chi connectivity index (χ2n) is 12.6. The molecule has 0 aromatic carbocycles. The summed E-state index contributed by atoms with van der Waals surface area (Å²) in [6.07, 6.45) is 41.7. The van der Waals surface area contributed by atoms with E-state index in [1.807, 2.05) is 24.3 Å². The Balaban J connectivity index is 4.20. The number of hydrogen-bond acceptors (Lipinski definition) is 6. The van der Waals surface area contributed by atoms with Gasteiger partial charge < -0.3 is 25.6 Å². The molecule has 0 heterocycles. The molecule has 0 bridgehead atoms. The molecule has 0 aliphatic heterocycles. The van der Waals surface area contributed by atoms with Crippen LogP contribution in [-0.4, -0.2) is 59.3 Å². The summed E-state index contributed by atoms with van der Waals surface area (Å²) in [4.78, 5) is 47.1. The molecule has 2 unspecified atom stereocenters. The van der Waals surface area contributed by atoms with Crippen molar-refractivity contribution in [3.05, 3.63) is 60.8 Å². The highest BCUT2D eigenvalue weighted by molar-refractivity contribution is 5.87. The third-order valence-corrected chi connectivity index (χ3v) is 7.96. The van der Waals surface area contributed by atoms with Crippen LogP contribution < -0.4 is 10.6 Å². The van der Waals surface area contributed by atoms with Crippen LogP contribution in [-0.2, 0) is 23.9 Å². The first-order valence-electron chi connectivity index (χ1n) is 19.2. The van der Waals surface area contributed by atoms with E-state index in [0.29, 0.717) is 12.8 Å². The first-order valence-corrected chi connectivity index (χ1v) is 19.2. The lowest BCUT2D eigenvalue weighted by Gasteiger charge is -2.12. The highest BCUT2D eigenvalue weighted by atomic mass is 16.5. The number of aliphatic hydroxyl groups is 1. The van der Waals surface area contributed by atoms with Crippen LogP contribution in [0.5, 0.6) is 0 Å². The monoisotopic (exact) mass is 701 g/mol. The highest BCUT2D eigenvalue weighted by Crippen LogP contribution is 2.12.